The molecule has 2 heteroatoms. The summed E-state index contributed by atoms with van der Waals surface area (Å²) in [5.74, 6) is 0.479. The summed E-state index contributed by atoms with van der Waals surface area (Å²) >= 11 is 0. The summed E-state index contributed by atoms with van der Waals surface area (Å²) in [7, 11) is 0. The van der Waals surface area contributed by atoms with Crippen LogP contribution in [0.25, 0.3) is 0 Å². The van der Waals surface area contributed by atoms with Gasteiger partial charge in [-0.2, -0.15) is 0 Å². The maximum absolute atomic E-state index is 14.2. The van der Waals surface area contributed by atoms with Crippen LogP contribution in [-0.2, 0) is 5.67 Å². The zero-order valence-corrected chi connectivity index (χ0v) is 9.76. The van der Waals surface area contributed by atoms with E-state index in [9.17, 15) is 4.39 Å². The van der Waals surface area contributed by atoms with Gasteiger partial charge in [-0.05, 0) is 23.5 Å². The summed E-state index contributed by atoms with van der Waals surface area (Å²) < 4.78 is 14.2. The van der Waals surface area contributed by atoms with E-state index in [2.05, 4.69) is 13.8 Å². The van der Waals surface area contributed by atoms with Crippen molar-refractivity contribution in [3.05, 3.63) is 35.4 Å². The van der Waals surface area contributed by atoms with Crippen LogP contribution in [0.15, 0.2) is 24.3 Å². The molecule has 84 valence electrons. The van der Waals surface area contributed by atoms with E-state index in [-0.39, 0.29) is 6.54 Å². The van der Waals surface area contributed by atoms with E-state index >= 15 is 0 Å². The summed E-state index contributed by atoms with van der Waals surface area (Å²) in [6, 6.07) is 7.68. The lowest BCUT2D eigenvalue weighted by Gasteiger charge is -2.22. The van der Waals surface area contributed by atoms with Crippen LogP contribution in [0.4, 0.5) is 4.39 Å². The standard InChI is InChI=1S/C13H20FN/c1-4-13(14,9-15)12-7-5-11(6-8-12)10(2)3/h5-8,10H,4,9,15H2,1-3H3. The zero-order chi connectivity index (χ0) is 11.5. The van der Waals surface area contributed by atoms with Crippen molar-refractivity contribution in [3.63, 3.8) is 0 Å². The minimum absolute atomic E-state index is 0.0462. The van der Waals surface area contributed by atoms with Crippen LogP contribution in [0.1, 0.15) is 44.2 Å². The van der Waals surface area contributed by atoms with Crippen LogP contribution in [0.2, 0.25) is 0 Å². The van der Waals surface area contributed by atoms with Gasteiger partial charge in [0.05, 0.1) is 0 Å². The Morgan fingerprint density at radius 2 is 1.80 bits per heavy atom. The number of halogens is 1. The lowest BCUT2D eigenvalue weighted by molar-refractivity contribution is 0.169. The predicted octanol–water partition coefficient (Wildman–Crippen LogP) is 3.34. The molecule has 0 spiro atoms. The van der Waals surface area contributed by atoms with Gasteiger partial charge in [-0.1, -0.05) is 45.0 Å². The molecule has 0 saturated carbocycles. The second-order valence-corrected chi connectivity index (χ2v) is 4.30. The Kier molecular flexibility index (Phi) is 3.86. The van der Waals surface area contributed by atoms with E-state index in [0.717, 1.165) is 0 Å². The topological polar surface area (TPSA) is 26.0 Å². The average molecular weight is 209 g/mol. The largest absolute Gasteiger partial charge is 0.327 e. The Morgan fingerprint density at radius 1 is 1.27 bits per heavy atom. The first-order valence-corrected chi connectivity index (χ1v) is 5.53. The van der Waals surface area contributed by atoms with Crippen LogP contribution >= 0.6 is 0 Å². The Balaban J connectivity index is 2.97. The molecule has 1 aromatic carbocycles. The molecule has 0 saturated heterocycles. The van der Waals surface area contributed by atoms with E-state index in [1.54, 1.807) is 0 Å². The summed E-state index contributed by atoms with van der Waals surface area (Å²) in [4.78, 5) is 0. The first-order valence-electron chi connectivity index (χ1n) is 5.53. The van der Waals surface area contributed by atoms with Crippen LogP contribution in [-0.4, -0.2) is 6.54 Å². The van der Waals surface area contributed by atoms with Crippen LogP contribution in [0.3, 0.4) is 0 Å². The molecule has 0 heterocycles. The highest BCUT2D eigenvalue weighted by atomic mass is 19.1. The van der Waals surface area contributed by atoms with Crippen molar-refractivity contribution >= 4 is 0 Å². The Morgan fingerprint density at radius 3 is 2.13 bits per heavy atom. The molecule has 15 heavy (non-hydrogen) atoms. The number of hydrogen-bond donors (Lipinski definition) is 1. The number of rotatable bonds is 4. The van der Waals surface area contributed by atoms with Crippen molar-refractivity contribution in [2.45, 2.75) is 38.8 Å². The number of nitrogens with two attached hydrogens (primary N) is 1. The first-order chi connectivity index (χ1) is 7.03. The smallest absolute Gasteiger partial charge is 0.147 e. The molecule has 2 N–H and O–H groups in total. The number of alkyl halides is 1. The summed E-state index contributed by atoms with van der Waals surface area (Å²) in [5, 5.41) is 0. The highest BCUT2D eigenvalue weighted by Crippen LogP contribution is 2.29. The van der Waals surface area contributed by atoms with Crippen LogP contribution in [0.5, 0.6) is 0 Å². The maximum Gasteiger partial charge on any atom is 0.147 e. The van der Waals surface area contributed by atoms with Gasteiger partial charge in [0.1, 0.15) is 5.67 Å². The van der Waals surface area contributed by atoms with E-state index in [1.807, 2.05) is 31.2 Å². The average Bonchev–Trinajstić information content (AvgIpc) is 2.28. The molecule has 1 rings (SSSR count). The molecule has 1 aromatic rings. The van der Waals surface area contributed by atoms with Crippen molar-refractivity contribution in [1.82, 2.24) is 0 Å². The van der Waals surface area contributed by atoms with Gasteiger partial charge in [0.15, 0.2) is 0 Å². The molecule has 0 aromatic heterocycles. The Labute approximate surface area is 91.5 Å². The SMILES string of the molecule is CCC(F)(CN)c1ccc(C(C)C)cc1. The molecule has 0 aliphatic carbocycles. The van der Waals surface area contributed by atoms with Crippen molar-refractivity contribution in [1.29, 1.82) is 0 Å². The van der Waals surface area contributed by atoms with Crippen LogP contribution in [0, 0.1) is 0 Å². The van der Waals surface area contributed by atoms with Crippen molar-refractivity contribution in [3.8, 4) is 0 Å². The number of benzene rings is 1. The van der Waals surface area contributed by atoms with Gasteiger partial charge in [0.25, 0.3) is 0 Å². The third-order valence-corrected chi connectivity index (χ3v) is 2.98. The minimum atomic E-state index is -1.37. The van der Waals surface area contributed by atoms with Gasteiger partial charge in [0, 0.05) is 6.54 Å². The van der Waals surface area contributed by atoms with Gasteiger partial charge in [0.2, 0.25) is 0 Å². The quantitative estimate of drug-likeness (QED) is 0.808. The fraction of sp³-hybridized carbons (Fsp3) is 0.538. The molecule has 0 radical (unpaired) electrons. The molecule has 0 fully saturated rings. The fourth-order valence-corrected chi connectivity index (χ4v) is 1.63. The second-order valence-electron chi connectivity index (χ2n) is 4.30. The lowest BCUT2D eigenvalue weighted by atomic mass is 9.91. The van der Waals surface area contributed by atoms with E-state index in [0.29, 0.717) is 17.9 Å². The lowest BCUT2D eigenvalue weighted by Crippen LogP contribution is -2.29. The van der Waals surface area contributed by atoms with Gasteiger partial charge in [-0.25, -0.2) is 4.39 Å². The van der Waals surface area contributed by atoms with Gasteiger partial charge >= 0.3 is 0 Å². The second kappa shape index (κ2) is 4.75. The summed E-state index contributed by atoms with van der Waals surface area (Å²) in [6.45, 7) is 6.12. The van der Waals surface area contributed by atoms with Gasteiger partial charge < -0.3 is 5.73 Å². The third kappa shape index (κ3) is 2.57. The molecule has 1 unspecified atom stereocenters. The zero-order valence-electron chi connectivity index (χ0n) is 9.76. The predicted molar refractivity (Wildman–Crippen MR) is 62.7 cm³/mol. The number of hydrogen-bond acceptors (Lipinski definition) is 1. The minimum Gasteiger partial charge on any atom is -0.327 e. The molecule has 1 nitrogen and oxygen atoms in total. The molecule has 0 amide bonds. The Bertz CT molecular complexity index is 299. The van der Waals surface area contributed by atoms with Gasteiger partial charge in [-0.15, -0.1) is 0 Å². The molecular formula is C13H20FN. The molecule has 0 bridgehead atoms. The highest BCUT2D eigenvalue weighted by molar-refractivity contribution is 5.29. The van der Waals surface area contributed by atoms with Crippen molar-refractivity contribution < 1.29 is 4.39 Å². The third-order valence-electron chi connectivity index (χ3n) is 2.98. The van der Waals surface area contributed by atoms with Crippen molar-refractivity contribution in [2.75, 3.05) is 6.54 Å². The molecule has 0 aliphatic heterocycles. The van der Waals surface area contributed by atoms with Gasteiger partial charge in [-0.3, -0.25) is 0 Å². The molecule has 1 atom stereocenters. The highest BCUT2D eigenvalue weighted by Gasteiger charge is 2.27. The normalized spacial score (nSPS) is 15.3. The fourth-order valence-electron chi connectivity index (χ4n) is 1.63. The molecule has 0 aliphatic rings. The molecular weight excluding hydrogens is 189 g/mol. The Hall–Kier alpha value is -0.890. The first kappa shape index (κ1) is 12.2. The van der Waals surface area contributed by atoms with E-state index in [4.69, 9.17) is 5.73 Å². The summed E-state index contributed by atoms with van der Waals surface area (Å²) in [5.41, 5.74) is 6.03. The van der Waals surface area contributed by atoms with Crippen molar-refractivity contribution in [2.24, 2.45) is 5.73 Å². The summed E-state index contributed by atoms with van der Waals surface area (Å²) in [6.07, 6.45) is 0.421. The van der Waals surface area contributed by atoms with Crippen LogP contribution < -0.4 is 5.73 Å². The van der Waals surface area contributed by atoms with E-state index < -0.39 is 5.67 Å². The van der Waals surface area contributed by atoms with E-state index in [1.165, 1.54) is 5.56 Å². The monoisotopic (exact) mass is 209 g/mol. The maximum atomic E-state index is 14.2.